The van der Waals surface area contributed by atoms with E-state index in [-0.39, 0.29) is 35.1 Å². The second-order valence-corrected chi connectivity index (χ2v) is 6.49. The molecule has 0 aromatic heterocycles. The normalized spacial score (nSPS) is 15.5. The molecule has 1 heterocycles. The van der Waals surface area contributed by atoms with Crippen LogP contribution in [0, 0.1) is 5.92 Å². The Morgan fingerprint density at radius 3 is 2.42 bits per heavy atom. The van der Waals surface area contributed by atoms with Gasteiger partial charge in [-0.2, -0.15) is 0 Å². The molecule has 1 fully saturated rings. The summed E-state index contributed by atoms with van der Waals surface area (Å²) in [6, 6.07) is 4.83. The molecule has 0 saturated carbocycles. The molecular formula is C18H26N2O4. The van der Waals surface area contributed by atoms with Crippen molar-refractivity contribution >= 4 is 11.8 Å². The number of methoxy groups -OCH3 is 1. The third kappa shape index (κ3) is 3.80. The van der Waals surface area contributed by atoms with Crippen LogP contribution in [0.5, 0.6) is 11.5 Å². The van der Waals surface area contributed by atoms with Gasteiger partial charge in [-0.25, -0.2) is 0 Å². The van der Waals surface area contributed by atoms with Gasteiger partial charge in [-0.15, -0.1) is 0 Å². The number of hydrogen-bond donors (Lipinski definition) is 1. The zero-order valence-corrected chi connectivity index (χ0v) is 14.8. The Balaban J connectivity index is 1.99. The van der Waals surface area contributed by atoms with Gasteiger partial charge in [-0.1, -0.05) is 0 Å². The number of nitrogens with zero attached hydrogens (tertiary/aromatic N) is 2. The maximum absolute atomic E-state index is 12.6. The first-order valence-electron chi connectivity index (χ1n) is 8.28. The minimum absolute atomic E-state index is 0.0362. The van der Waals surface area contributed by atoms with Gasteiger partial charge in [0.2, 0.25) is 5.91 Å². The van der Waals surface area contributed by atoms with Crippen LogP contribution in [0.2, 0.25) is 0 Å². The number of hydrogen-bond acceptors (Lipinski definition) is 4. The van der Waals surface area contributed by atoms with Crippen molar-refractivity contribution in [1.29, 1.82) is 0 Å². The van der Waals surface area contributed by atoms with Crippen LogP contribution in [0.1, 0.15) is 37.0 Å². The smallest absolute Gasteiger partial charge is 0.257 e. The number of aromatic hydroxyl groups is 1. The van der Waals surface area contributed by atoms with E-state index >= 15 is 0 Å². The third-order valence-corrected chi connectivity index (χ3v) is 4.69. The summed E-state index contributed by atoms with van der Waals surface area (Å²) in [5, 5.41) is 10.0. The zero-order chi connectivity index (χ0) is 17.9. The molecule has 0 bridgehead atoms. The van der Waals surface area contributed by atoms with Crippen LogP contribution in [0.3, 0.4) is 0 Å². The Bertz CT molecular complexity index is 607. The van der Waals surface area contributed by atoms with Gasteiger partial charge in [0.25, 0.3) is 5.91 Å². The van der Waals surface area contributed by atoms with Crippen molar-refractivity contribution in [1.82, 2.24) is 9.80 Å². The first-order chi connectivity index (χ1) is 11.3. The number of likely N-dealkylation sites (tertiary alicyclic amines) is 1. The Morgan fingerprint density at radius 2 is 1.92 bits per heavy atom. The standard InChI is InChI=1S/C18H26N2O4/c1-12(2)19(3)17(22)13-7-9-20(10-8-13)18(23)15-6-5-14(24-4)11-16(15)21/h5-6,11-13,21H,7-10H2,1-4H3. The summed E-state index contributed by atoms with van der Waals surface area (Å²) in [6.45, 7) is 5.02. The van der Waals surface area contributed by atoms with Gasteiger partial charge in [0, 0.05) is 38.2 Å². The fraction of sp³-hybridized carbons (Fsp3) is 0.556. The minimum atomic E-state index is -0.210. The Hall–Kier alpha value is -2.24. The van der Waals surface area contributed by atoms with Gasteiger partial charge in [-0.3, -0.25) is 9.59 Å². The molecule has 0 unspecified atom stereocenters. The van der Waals surface area contributed by atoms with Crippen LogP contribution in [0.4, 0.5) is 0 Å². The van der Waals surface area contributed by atoms with Crippen molar-refractivity contribution in [3.8, 4) is 11.5 Å². The number of amides is 2. The van der Waals surface area contributed by atoms with E-state index in [0.29, 0.717) is 31.7 Å². The highest BCUT2D eigenvalue weighted by Gasteiger charge is 2.30. The molecule has 6 heteroatoms. The number of benzene rings is 1. The lowest BCUT2D eigenvalue weighted by atomic mass is 9.94. The molecule has 6 nitrogen and oxygen atoms in total. The Labute approximate surface area is 143 Å². The SMILES string of the molecule is COc1ccc(C(=O)N2CCC(C(=O)N(C)C(C)C)CC2)c(O)c1. The minimum Gasteiger partial charge on any atom is -0.507 e. The number of carbonyl (C=O) groups excluding carboxylic acids is 2. The van der Waals surface area contributed by atoms with E-state index in [1.54, 1.807) is 21.9 Å². The summed E-state index contributed by atoms with van der Waals surface area (Å²) in [4.78, 5) is 28.4. The highest BCUT2D eigenvalue weighted by atomic mass is 16.5. The maximum atomic E-state index is 12.6. The molecule has 1 aliphatic rings. The molecule has 2 rings (SSSR count). The molecule has 0 aliphatic carbocycles. The fourth-order valence-electron chi connectivity index (χ4n) is 2.86. The van der Waals surface area contributed by atoms with E-state index in [2.05, 4.69) is 0 Å². The van der Waals surface area contributed by atoms with Crippen LogP contribution >= 0.6 is 0 Å². The van der Waals surface area contributed by atoms with Gasteiger partial charge in [-0.05, 0) is 38.8 Å². The van der Waals surface area contributed by atoms with Crippen molar-refractivity contribution in [2.24, 2.45) is 5.92 Å². The summed E-state index contributed by atoms with van der Waals surface area (Å²) in [7, 11) is 3.33. The fourth-order valence-corrected chi connectivity index (χ4v) is 2.86. The second kappa shape index (κ2) is 7.55. The van der Waals surface area contributed by atoms with E-state index in [1.165, 1.54) is 13.2 Å². The first-order valence-corrected chi connectivity index (χ1v) is 8.28. The van der Waals surface area contributed by atoms with Crippen molar-refractivity contribution in [2.75, 3.05) is 27.2 Å². The molecule has 0 spiro atoms. The van der Waals surface area contributed by atoms with Crippen LogP contribution in [-0.2, 0) is 4.79 Å². The van der Waals surface area contributed by atoms with Gasteiger partial charge in [0.1, 0.15) is 11.5 Å². The van der Waals surface area contributed by atoms with Gasteiger partial charge < -0.3 is 19.6 Å². The van der Waals surface area contributed by atoms with Crippen LogP contribution in [0.15, 0.2) is 18.2 Å². The number of piperidine rings is 1. The summed E-state index contributed by atoms with van der Waals surface area (Å²) in [5.41, 5.74) is 0.264. The maximum Gasteiger partial charge on any atom is 0.257 e. The van der Waals surface area contributed by atoms with E-state index in [1.807, 2.05) is 20.9 Å². The number of rotatable bonds is 4. The second-order valence-electron chi connectivity index (χ2n) is 6.49. The monoisotopic (exact) mass is 334 g/mol. The molecule has 1 aromatic rings. The third-order valence-electron chi connectivity index (χ3n) is 4.69. The predicted octanol–water partition coefficient (Wildman–Crippen LogP) is 2.12. The van der Waals surface area contributed by atoms with E-state index in [4.69, 9.17) is 4.74 Å². The summed E-state index contributed by atoms with van der Waals surface area (Å²) in [6.07, 6.45) is 1.30. The van der Waals surface area contributed by atoms with Crippen molar-refractivity contribution < 1.29 is 19.4 Å². The molecule has 132 valence electrons. The van der Waals surface area contributed by atoms with Gasteiger partial charge in [0.15, 0.2) is 0 Å². The van der Waals surface area contributed by atoms with E-state index in [9.17, 15) is 14.7 Å². The number of phenols is 1. The first kappa shape index (κ1) is 18.1. The molecule has 1 aliphatic heterocycles. The summed E-state index contributed by atoms with van der Waals surface area (Å²) in [5.74, 6) is 0.316. The molecule has 1 aromatic carbocycles. The lowest BCUT2D eigenvalue weighted by Crippen LogP contribution is -2.45. The molecule has 2 amide bonds. The summed E-state index contributed by atoms with van der Waals surface area (Å²) >= 11 is 0. The van der Waals surface area contributed by atoms with Crippen molar-refractivity contribution in [2.45, 2.75) is 32.7 Å². The average molecular weight is 334 g/mol. The van der Waals surface area contributed by atoms with Gasteiger partial charge >= 0.3 is 0 Å². The van der Waals surface area contributed by atoms with E-state index in [0.717, 1.165) is 0 Å². The van der Waals surface area contributed by atoms with Crippen LogP contribution in [0.25, 0.3) is 0 Å². The zero-order valence-electron chi connectivity index (χ0n) is 14.8. The Morgan fingerprint density at radius 1 is 1.29 bits per heavy atom. The number of ether oxygens (including phenoxy) is 1. The largest absolute Gasteiger partial charge is 0.507 e. The highest BCUT2D eigenvalue weighted by molar-refractivity contribution is 5.97. The molecule has 0 atom stereocenters. The van der Waals surface area contributed by atoms with Crippen LogP contribution < -0.4 is 4.74 Å². The van der Waals surface area contributed by atoms with E-state index < -0.39 is 0 Å². The van der Waals surface area contributed by atoms with Crippen LogP contribution in [-0.4, -0.2) is 60.0 Å². The highest BCUT2D eigenvalue weighted by Crippen LogP contribution is 2.27. The predicted molar refractivity (Wildman–Crippen MR) is 91.2 cm³/mol. The summed E-state index contributed by atoms with van der Waals surface area (Å²) < 4.78 is 5.03. The molecular weight excluding hydrogens is 308 g/mol. The van der Waals surface area contributed by atoms with Crippen molar-refractivity contribution in [3.63, 3.8) is 0 Å². The molecule has 0 radical (unpaired) electrons. The number of carbonyl (C=O) groups is 2. The quantitative estimate of drug-likeness (QED) is 0.916. The number of phenolic OH excluding ortho intramolecular Hbond substituents is 1. The molecule has 1 N–H and O–H groups in total. The molecule has 24 heavy (non-hydrogen) atoms. The lowest BCUT2D eigenvalue weighted by Gasteiger charge is -2.34. The average Bonchev–Trinajstić information content (AvgIpc) is 2.59. The Kier molecular flexibility index (Phi) is 5.70. The van der Waals surface area contributed by atoms with Crippen molar-refractivity contribution in [3.05, 3.63) is 23.8 Å². The van der Waals surface area contributed by atoms with Gasteiger partial charge in [0.05, 0.1) is 12.7 Å². The molecule has 1 saturated heterocycles. The topological polar surface area (TPSA) is 70.1 Å². The lowest BCUT2D eigenvalue weighted by molar-refractivity contribution is -0.137.